The van der Waals surface area contributed by atoms with Crippen LogP contribution in [0.25, 0.3) is 17.7 Å². The van der Waals surface area contributed by atoms with E-state index < -0.39 is 0 Å². The molecule has 2 aromatic carbocycles. The highest BCUT2D eigenvalue weighted by molar-refractivity contribution is 5.93. The first-order chi connectivity index (χ1) is 10.5. The summed E-state index contributed by atoms with van der Waals surface area (Å²) in [6, 6.07) is 17.4. The number of hydrogen-bond acceptors (Lipinski definition) is 0. The lowest BCUT2D eigenvalue weighted by Crippen LogP contribution is -2.34. The Morgan fingerprint density at radius 3 is 1.77 bits per heavy atom. The summed E-state index contributed by atoms with van der Waals surface area (Å²) in [5.41, 5.74) is 6.64. The van der Waals surface area contributed by atoms with Crippen LogP contribution < -0.4 is 0 Å². The van der Waals surface area contributed by atoms with E-state index in [2.05, 4.69) is 87.9 Å². The van der Waals surface area contributed by atoms with Crippen molar-refractivity contribution in [2.45, 2.75) is 6.42 Å². The summed E-state index contributed by atoms with van der Waals surface area (Å²) in [5, 5.41) is 0. The van der Waals surface area contributed by atoms with Gasteiger partial charge < -0.3 is 4.48 Å². The van der Waals surface area contributed by atoms with Crippen LogP contribution in [0, 0.1) is 0 Å². The van der Waals surface area contributed by atoms with Gasteiger partial charge in [0.2, 0.25) is 0 Å². The van der Waals surface area contributed by atoms with E-state index in [1.54, 1.807) is 0 Å². The topological polar surface area (TPSA) is 0 Å². The second-order valence-electron chi connectivity index (χ2n) is 6.93. The molecule has 112 valence electrons. The Kier molecular flexibility index (Phi) is 4.00. The van der Waals surface area contributed by atoms with E-state index in [-0.39, 0.29) is 0 Å². The van der Waals surface area contributed by atoms with Gasteiger partial charge in [-0.3, -0.25) is 0 Å². The van der Waals surface area contributed by atoms with Gasteiger partial charge >= 0.3 is 0 Å². The van der Waals surface area contributed by atoms with Crippen molar-refractivity contribution < 1.29 is 4.48 Å². The van der Waals surface area contributed by atoms with Crippen LogP contribution in [-0.2, 0) is 0 Å². The number of quaternary nitrogens is 1. The first-order valence-electron chi connectivity index (χ1n) is 7.92. The third kappa shape index (κ3) is 3.20. The molecule has 0 unspecified atom stereocenters. The monoisotopic (exact) mass is 290 g/mol. The lowest BCUT2D eigenvalue weighted by molar-refractivity contribution is -0.869. The molecule has 0 atom stereocenters. The molecule has 1 aliphatic rings. The standard InChI is InChI=1S/C21H24N/c1-22(2,3)16-8-13-21-19-11-6-4-9-17(19)14-15-18-10-5-7-12-20(18)21/h4-7,9-15H,8,16H2,1-3H3/q+1. The predicted octanol–water partition coefficient (Wildman–Crippen LogP) is 4.70. The number of fused-ring (bicyclic) bond motifs is 2. The Bertz CT molecular complexity index is 678. The maximum absolute atomic E-state index is 2.41. The summed E-state index contributed by atoms with van der Waals surface area (Å²) < 4.78 is 0.991. The van der Waals surface area contributed by atoms with Crippen LogP contribution in [0.4, 0.5) is 0 Å². The molecular formula is C21H24N+. The van der Waals surface area contributed by atoms with Crippen LogP contribution in [0.3, 0.4) is 0 Å². The summed E-state index contributed by atoms with van der Waals surface area (Å²) in [5.74, 6) is 0. The number of hydrogen-bond donors (Lipinski definition) is 0. The molecule has 0 aliphatic heterocycles. The van der Waals surface area contributed by atoms with Crippen LogP contribution in [0.1, 0.15) is 28.7 Å². The zero-order valence-corrected chi connectivity index (χ0v) is 13.7. The first-order valence-corrected chi connectivity index (χ1v) is 7.92. The van der Waals surface area contributed by atoms with Gasteiger partial charge in [-0.15, -0.1) is 0 Å². The van der Waals surface area contributed by atoms with E-state index in [1.807, 2.05) is 0 Å². The lowest BCUT2D eigenvalue weighted by Gasteiger charge is -2.23. The zero-order valence-electron chi connectivity index (χ0n) is 13.7. The minimum atomic E-state index is 0.991. The molecule has 1 aliphatic carbocycles. The Morgan fingerprint density at radius 1 is 0.773 bits per heavy atom. The van der Waals surface area contributed by atoms with Gasteiger partial charge in [0, 0.05) is 6.42 Å². The molecular weight excluding hydrogens is 266 g/mol. The van der Waals surface area contributed by atoms with Gasteiger partial charge in [0.05, 0.1) is 27.7 Å². The summed E-state index contributed by atoms with van der Waals surface area (Å²) in [4.78, 5) is 0. The van der Waals surface area contributed by atoms with Crippen LogP contribution in [0.2, 0.25) is 0 Å². The molecule has 0 amide bonds. The van der Waals surface area contributed by atoms with Gasteiger partial charge in [-0.2, -0.15) is 0 Å². The molecule has 1 heteroatoms. The van der Waals surface area contributed by atoms with Crippen molar-refractivity contribution in [1.82, 2.24) is 0 Å². The van der Waals surface area contributed by atoms with Crippen molar-refractivity contribution in [1.29, 1.82) is 0 Å². The van der Waals surface area contributed by atoms with Gasteiger partial charge in [0.1, 0.15) is 0 Å². The van der Waals surface area contributed by atoms with E-state index in [0.717, 1.165) is 17.4 Å². The van der Waals surface area contributed by atoms with Gasteiger partial charge in [-0.1, -0.05) is 66.8 Å². The van der Waals surface area contributed by atoms with Gasteiger partial charge in [-0.05, 0) is 27.8 Å². The quantitative estimate of drug-likeness (QED) is 0.613. The second-order valence-corrected chi connectivity index (χ2v) is 6.93. The van der Waals surface area contributed by atoms with Crippen LogP contribution in [0.15, 0.2) is 54.6 Å². The predicted molar refractivity (Wildman–Crippen MR) is 96.4 cm³/mol. The van der Waals surface area contributed by atoms with Gasteiger partial charge in [-0.25, -0.2) is 0 Å². The molecule has 3 rings (SSSR count). The third-order valence-corrected chi connectivity index (χ3v) is 4.09. The molecule has 0 spiro atoms. The summed E-state index contributed by atoms with van der Waals surface area (Å²) in [6.07, 6.45) is 7.96. The number of rotatable bonds is 3. The molecule has 0 saturated heterocycles. The fraction of sp³-hybridized carbons (Fsp3) is 0.238. The Morgan fingerprint density at radius 2 is 1.27 bits per heavy atom. The molecule has 2 aromatic rings. The fourth-order valence-corrected chi connectivity index (χ4v) is 2.92. The first kappa shape index (κ1) is 14.8. The Labute approximate surface area is 133 Å². The minimum Gasteiger partial charge on any atom is -0.331 e. The van der Waals surface area contributed by atoms with E-state index in [0.29, 0.717) is 0 Å². The molecule has 0 aromatic heterocycles. The van der Waals surface area contributed by atoms with Crippen molar-refractivity contribution >= 4 is 17.7 Å². The largest absolute Gasteiger partial charge is 0.331 e. The molecule has 22 heavy (non-hydrogen) atoms. The van der Waals surface area contributed by atoms with Crippen molar-refractivity contribution in [3.05, 3.63) is 76.9 Å². The maximum Gasteiger partial charge on any atom is 0.0815 e. The van der Waals surface area contributed by atoms with Crippen molar-refractivity contribution in [3.63, 3.8) is 0 Å². The second kappa shape index (κ2) is 5.94. The maximum atomic E-state index is 2.41. The molecule has 0 bridgehead atoms. The summed E-state index contributed by atoms with van der Waals surface area (Å²) in [6.45, 7) is 1.14. The summed E-state index contributed by atoms with van der Waals surface area (Å²) >= 11 is 0. The van der Waals surface area contributed by atoms with Gasteiger partial charge in [0.25, 0.3) is 0 Å². The highest BCUT2D eigenvalue weighted by atomic mass is 15.3. The normalized spacial score (nSPS) is 13.3. The Balaban J connectivity index is 2.07. The third-order valence-electron chi connectivity index (χ3n) is 4.09. The van der Waals surface area contributed by atoms with E-state index in [4.69, 9.17) is 0 Å². The van der Waals surface area contributed by atoms with Gasteiger partial charge in [0.15, 0.2) is 0 Å². The fourth-order valence-electron chi connectivity index (χ4n) is 2.92. The lowest BCUT2D eigenvalue weighted by atomic mass is 9.93. The molecule has 0 saturated carbocycles. The highest BCUT2D eigenvalue weighted by Crippen LogP contribution is 2.33. The smallest absolute Gasteiger partial charge is 0.0815 e. The molecule has 0 N–H and O–H groups in total. The zero-order chi connectivity index (χ0) is 15.6. The van der Waals surface area contributed by atoms with Crippen LogP contribution in [-0.4, -0.2) is 32.2 Å². The molecule has 1 nitrogen and oxygen atoms in total. The minimum absolute atomic E-state index is 0.991. The average Bonchev–Trinajstić information content (AvgIpc) is 2.64. The SMILES string of the molecule is C[N+](C)(C)CCC=C1c2ccccc2C=Cc2ccccc21. The molecule has 0 fully saturated rings. The molecule has 0 radical (unpaired) electrons. The van der Waals surface area contributed by atoms with Crippen molar-refractivity contribution in [2.75, 3.05) is 27.7 Å². The summed E-state index contributed by atoms with van der Waals surface area (Å²) in [7, 11) is 6.74. The van der Waals surface area contributed by atoms with Crippen LogP contribution >= 0.6 is 0 Å². The molecule has 0 heterocycles. The highest BCUT2D eigenvalue weighted by Gasteiger charge is 2.14. The number of benzene rings is 2. The Hall–Kier alpha value is -2.12. The van der Waals surface area contributed by atoms with Crippen molar-refractivity contribution in [2.24, 2.45) is 0 Å². The van der Waals surface area contributed by atoms with Crippen LogP contribution in [0.5, 0.6) is 0 Å². The van der Waals surface area contributed by atoms with E-state index in [9.17, 15) is 0 Å². The average molecular weight is 290 g/mol. The van der Waals surface area contributed by atoms with E-state index in [1.165, 1.54) is 27.8 Å². The number of nitrogens with zero attached hydrogens (tertiary/aromatic N) is 1. The van der Waals surface area contributed by atoms with Crippen molar-refractivity contribution in [3.8, 4) is 0 Å². The van der Waals surface area contributed by atoms with E-state index >= 15 is 0 Å².